The lowest BCUT2D eigenvalue weighted by molar-refractivity contribution is 0.188. The van der Waals surface area contributed by atoms with E-state index in [0.29, 0.717) is 24.1 Å². The second kappa shape index (κ2) is 5.68. The third kappa shape index (κ3) is 2.76. The maximum Gasteiger partial charge on any atom is 0.128 e. The van der Waals surface area contributed by atoms with Crippen molar-refractivity contribution < 1.29 is 4.39 Å². The van der Waals surface area contributed by atoms with Crippen LogP contribution in [-0.4, -0.2) is 24.0 Å². The Balaban J connectivity index is 2.30. The molecular weight excluding hydrogens is 295 g/mol. The molecule has 0 radical (unpaired) electrons. The van der Waals surface area contributed by atoms with E-state index >= 15 is 0 Å². The van der Waals surface area contributed by atoms with Gasteiger partial charge in [0, 0.05) is 29.2 Å². The van der Waals surface area contributed by atoms with Gasteiger partial charge in [-0.3, -0.25) is 4.90 Å². The smallest absolute Gasteiger partial charge is 0.128 e. The molecule has 100 valence electrons. The van der Waals surface area contributed by atoms with Crippen molar-refractivity contribution in [1.29, 1.82) is 0 Å². The molecule has 0 bridgehead atoms. The summed E-state index contributed by atoms with van der Waals surface area (Å²) in [5, 5.41) is 0. The minimum atomic E-state index is -0.166. The van der Waals surface area contributed by atoms with E-state index in [2.05, 4.69) is 34.7 Å². The van der Waals surface area contributed by atoms with Crippen LogP contribution in [0.4, 0.5) is 4.39 Å². The first-order valence-corrected chi connectivity index (χ1v) is 7.23. The highest BCUT2D eigenvalue weighted by atomic mass is 79.9. The molecule has 0 aromatic heterocycles. The number of benzene rings is 1. The minimum Gasteiger partial charge on any atom is -0.329 e. The number of halogens is 2. The van der Waals surface area contributed by atoms with Crippen molar-refractivity contribution in [3.05, 3.63) is 34.1 Å². The molecule has 1 aliphatic heterocycles. The monoisotopic (exact) mass is 314 g/mol. The lowest BCUT2D eigenvalue weighted by atomic mass is 10.0. The van der Waals surface area contributed by atoms with Gasteiger partial charge in [0.2, 0.25) is 0 Å². The zero-order chi connectivity index (χ0) is 13.3. The van der Waals surface area contributed by atoms with Crippen LogP contribution in [0.25, 0.3) is 0 Å². The van der Waals surface area contributed by atoms with Crippen molar-refractivity contribution in [1.82, 2.24) is 4.90 Å². The van der Waals surface area contributed by atoms with E-state index in [1.165, 1.54) is 6.07 Å². The molecule has 1 aromatic carbocycles. The molecule has 2 N–H and O–H groups in total. The first kappa shape index (κ1) is 14.0. The van der Waals surface area contributed by atoms with Gasteiger partial charge in [0.15, 0.2) is 0 Å². The Morgan fingerprint density at radius 3 is 2.78 bits per heavy atom. The highest BCUT2D eigenvalue weighted by molar-refractivity contribution is 9.10. The van der Waals surface area contributed by atoms with Crippen molar-refractivity contribution >= 4 is 15.9 Å². The summed E-state index contributed by atoms with van der Waals surface area (Å²) in [4.78, 5) is 2.33. The molecule has 1 aliphatic rings. The Bertz CT molecular complexity index is 424. The van der Waals surface area contributed by atoms with Crippen LogP contribution in [0.5, 0.6) is 0 Å². The quantitative estimate of drug-likeness (QED) is 0.927. The third-order valence-corrected chi connectivity index (χ3v) is 4.27. The van der Waals surface area contributed by atoms with Crippen molar-refractivity contribution in [3.8, 4) is 0 Å². The summed E-state index contributed by atoms with van der Waals surface area (Å²) in [6.07, 6.45) is 1.16. The summed E-state index contributed by atoms with van der Waals surface area (Å²) in [6.45, 7) is 5.88. The number of nitrogens with two attached hydrogens (primary N) is 1. The summed E-state index contributed by atoms with van der Waals surface area (Å²) >= 11 is 3.40. The van der Waals surface area contributed by atoms with Crippen LogP contribution in [0.15, 0.2) is 22.7 Å². The number of likely N-dealkylation sites (tertiary alicyclic amines) is 1. The fraction of sp³-hybridized carbons (Fsp3) is 0.571. The van der Waals surface area contributed by atoms with E-state index in [1.807, 2.05) is 6.07 Å². The average molecular weight is 315 g/mol. The molecule has 1 saturated heterocycles. The first-order valence-electron chi connectivity index (χ1n) is 6.43. The van der Waals surface area contributed by atoms with Crippen molar-refractivity contribution in [3.63, 3.8) is 0 Å². The van der Waals surface area contributed by atoms with Gasteiger partial charge in [0.05, 0.1) is 6.04 Å². The maximum absolute atomic E-state index is 14.0. The number of nitrogens with zero attached hydrogens (tertiary/aromatic N) is 1. The fourth-order valence-corrected chi connectivity index (χ4v) is 3.36. The Morgan fingerprint density at radius 2 is 2.22 bits per heavy atom. The highest BCUT2D eigenvalue weighted by Crippen LogP contribution is 2.33. The van der Waals surface area contributed by atoms with E-state index in [-0.39, 0.29) is 11.9 Å². The SMILES string of the molecule is CC1CC(C)N(C(CN)c2cc(Br)ccc2F)C1. The lowest BCUT2D eigenvalue weighted by Crippen LogP contribution is -2.36. The van der Waals surface area contributed by atoms with E-state index in [4.69, 9.17) is 5.73 Å². The number of rotatable bonds is 3. The third-order valence-electron chi connectivity index (χ3n) is 3.77. The van der Waals surface area contributed by atoms with Gasteiger partial charge in [-0.1, -0.05) is 22.9 Å². The van der Waals surface area contributed by atoms with E-state index in [1.54, 1.807) is 6.07 Å². The zero-order valence-electron chi connectivity index (χ0n) is 10.9. The molecule has 2 rings (SSSR count). The van der Waals surface area contributed by atoms with E-state index in [9.17, 15) is 4.39 Å². The summed E-state index contributed by atoms with van der Waals surface area (Å²) in [7, 11) is 0. The lowest BCUT2D eigenvalue weighted by Gasteiger charge is -2.31. The predicted octanol–water partition coefficient (Wildman–Crippen LogP) is 3.32. The van der Waals surface area contributed by atoms with Crippen molar-refractivity contribution in [2.45, 2.75) is 32.4 Å². The Morgan fingerprint density at radius 1 is 1.50 bits per heavy atom. The molecule has 1 fully saturated rings. The van der Waals surface area contributed by atoms with Crippen LogP contribution in [-0.2, 0) is 0 Å². The van der Waals surface area contributed by atoms with Gasteiger partial charge >= 0.3 is 0 Å². The normalized spacial score (nSPS) is 26.5. The molecule has 1 aromatic rings. The molecule has 3 unspecified atom stereocenters. The summed E-state index contributed by atoms with van der Waals surface area (Å²) in [5.74, 6) is 0.490. The second-order valence-electron chi connectivity index (χ2n) is 5.30. The van der Waals surface area contributed by atoms with Gasteiger partial charge < -0.3 is 5.73 Å². The summed E-state index contributed by atoms with van der Waals surface area (Å²) < 4.78 is 14.9. The van der Waals surface area contributed by atoms with Crippen LogP contribution in [0, 0.1) is 11.7 Å². The van der Waals surface area contributed by atoms with Gasteiger partial charge in [-0.05, 0) is 37.5 Å². The fourth-order valence-electron chi connectivity index (χ4n) is 2.98. The van der Waals surface area contributed by atoms with Gasteiger partial charge in [-0.2, -0.15) is 0 Å². The van der Waals surface area contributed by atoms with E-state index < -0.39 is 0 Å². The molecule has 0 spiro atoms. The Labute approximate surface area is 116 Å². The summed E-state index contributed by atoms with van der Waals surface area (Å²) in [6, 6.07) is 5.52. The van der Waals surface area contributed by atoms with E-state index in [0.717, 1.165) is 17.4 Å². The first-order chi connectivity index (χ1) is 8.52. The minimum absolute atomic E-state index is 0.0255. The molecule has 1 heterocycles. The number of hydrogen-bond donors (Lipinski definition) is 1. The molecule has 4 heteroatoms. The molecule has 0 saturated carbocycles. The predicted molar refractivity (Wildman–Crippen MR) is 75.8 cm³/mol. The Hall–Kier alpha value is -0.450. The highest BCUT2D eigenvalue weighted by Gasteiger charge is 2.33. The van der Waals surface area contributed by atoms with Crippen molar-refractivity contribution in [2.24, 2.45) is 11.7 Å². The molecule has 18 heavy (non-hydrogen) atoms. The topological polar surface area (TPSA) is 29.3 Å². The standard InChI is InChI=1S/C14H20BrFN2/c1-9-5-10(2)18(8-9)14(7-17)12-6-11(15)3-4-13(12)16/h3-4,6,9-10,14H,5,7-8,17H2,1-2H3. The van der Waals surface area contributed by atoms with Gasteiger partial charge in [0.25, 0.3) is 0 Å². The van der Waals surface area contributed by atoms with Gasteiger partial charge in [-0.25, -0.2) is 4.39 Å². The van der Waals surface area contributed by atoms with Crippen LogP contribution in [0.3, 0.4) is 0 Å². The van der Waals surface area contributed by atoms with Gasteiger partial charge in [-0.15, -0.1) is 0 Å². The van der Waals surface area contributed by atoms with Crippen LogP contribution < -0.4 is 5.73 Å². The molecule has 0 amide bonds. The van der Waals surface area contributed by atoms with Crippen LogP contribution in [0.1, 0.15) is 31.9 Å². The van der Waals surface area contributed by atoms with Crippen LogP contribution >= 0.6 is 15.9 Å². The molecule has 3 atom stereocenters. The Kier molecular flexibility index (Phi) is 4.41. The molecule has 2 nitrogen and oxygen atoms in total. The molecular formula is C14H20BrFN2. The summed E-state index contributed by atoms with van der Waals surface area (Å²) in [5.41, 5.74) is 6.59. The van der Waals surface area contributed by atoms with Crippen LogP contribution in [0.2, 0.25) is 0 Å². The van der Waals surface area contributed by atoms with Gasteiger partial charge in [0.1, 0.15) is 5.82 Å². The number of hydrogen-bond acceptors (Lipinski definition) is 2. The average Bonchev–Trinajstić information content (AvgIpc) is 2.64. The zero-order valence-corrected chi connectivity index (χ0v) is 12.5. The van der Waals surface area contributed by atoms with Crippen molar-refractivity contribution in [2.75, 3.05) is 13.1 Å². The second-order valence-corrected chi connectivity index (χ2v) is 6.22. The molecule has 0 aliphatic carbocycles. The largest absolute Gasteiger partial charge is 0.329 e. The maximum atomic E-state index is 14.0.